The molecule has 4 aromatic carbocycles. The minimum absolute atomic E-state index is 0.0233. The van der Waals surface area contributed by atoms with Crippen LogP contribution < -0.4 is 16.2 Å². The molecule has 14 heteroatoms. The van der Waals surface area contributed by atoms with Crippen molar-refractivity contribution in [2.45, 2.75) is 132 Å². The summed E-state index contributed by atoms with van der Waals surface area (Å²) in [5.41, 5.74) is 20.4. The summed E-state index contributed by atoms with van der Waals surface area (Å²) in [5.74, 6) is 7.91. The molecule has 12 nitrogen and oxygen atoms in total. The van der Waals surface area contributed by atoms with Gasteiger partial charge in [-0.25, -0.2) is 0 Å². The Morgan fingerprint density at radius 3 is 2.49 bits per heavy atom. The number of aromatic hydroxyl groups is 2. The first-order valence-electron chi connectivity index (χ1n) is 28.0. The van der Waals surface area contributed by atoms with Crippen LogP contribution in [-0.4, -0.2) is 84.5 Å². The molecule has 9 unspecified atom stereocenters. The Bertz CT molecular complexity index is 3070. The maximum Gasteiger partial charge on any atom is 0.165 e. The number of benzene rings is 4. The van der Waals surface area contributed by atoms with E-state index < -0.39 is 29.2 Å². The number of aliphatic hydroxyl groups excluding tert-OH is 3. The van der Waals surface area contributed by atoms with Crippen LogP contribution in [-0.2, 0) is 36.2 Å². The molecule has 11 N–H and O–H groups in total. The van der Waals surface area contributed by atoms with Gasteiger partial charge in [-0.2, -0.15) is 0 Å². The van der Waals surface area contributed by atoms with E-state index in [0.29, 0.717) is 91.2 Å². The van der Waals surface area contributed by atoms with E-state index in [1.54, 1.807) is 64.2 Å². The van der Waals surface area contributed by atoms with Crippen molar-refractivity contribution in [3.05, 3.63) is 159 Å². The maximum atomic E-state index is 14.3. The number of rotatable bonds is 6. The molecular formula is C64H75N3O9S2. The van der Waals surface area contributed by atoms with Gasteiger partial charge in [0.2, 0.25) is 0 Å². The van der Waals surface area contributed by atoms with E-state index in [0.717, 1.165) is 65.6 Å². The third-order valence-corrected chi connectivity index (χ3v) is 20.4. The fourth-order valence-corrected chi connectivity index (χ4v) is 16.3. The number of H-pyrrole nitrogens is 1. The van der Waals surface area contributed by atoms with Crippen LogP contribution in [0.3, 0.4) is 0 Å². The van der Waals surface area contributed by atoms with Crippen molar-refractivity contribution in [1.82, 2.24) is 4.98 Å². The van der Waals surface area contributed by atoms with Crippen LogP contribution in [0.1, 0.15) is 155 Å². The number of phenolic OH excluding ortho intramolecular Hbond substituents is 2. The Hall–Kier alpha value is -5.34. The van der Waals surface area contributed by atoms with Gasteiger partial charge >= 0.3 is 0 Å². The Kier molecular flexibility index (Phi) is 17.6. The second-order valence-corrected chi connectivity index (χ2v) is 25.7. The highest BCUT2D eigenvalue weighted by Gasteiger charge is 2.46. The van der Waals surface area contributed by atoms with E-state index in [-0.39, 0.29) is 79.4 Å². The summed E-state index contributed by atoms with van der Waals surface area (Å²) in [6.07, 6.45) is 12.4. The number of aryl methyl sites for hydroxylation is 1. The molecular weight excluding hydrogens is 1020 g/mol. The van der Waals surface area contributed by atoms with Crippen molar-refractivity contribution in [3.8, 4) is 29.1 Å². The lowest BCUT2D eigenvalue weighted by Crippen LogP contribution is -2.41. The molecule has 5 aromatic rings. The first-order valence-corrected chi connectivity index (χ1v) is 30.5. The number of nitrogens with two attached hydrogens (primary N) is 2. The average Bonchev–Trinajstić information content (AvgIpc) is 4.12. The molecule has 2 fully saturated rings. The maximum absolute atomic E-state index is 14.3. The highest BCUT2D eigenvalue weighted by molar-refractivity contribution is 8.76. The number of hydrogen-bond donors (Lipinski definition) is 9. The first-order chi connectivity index (χ1) is 37.7. The monoisotopic (exact) mass is 1090 g/mol. The third kappa shape index (κ3) is 12.6. The van der Waals surface area contributed by atoms with Crippen LogP contribution in [0.25, 0.3) is 0 Å². The van der Waals surface area contributed by atoms with Crippen LogP contribution >= 0.6 is 21.6 Å². The number of Topliss-reactive ketones (excluding diaryl/α,β-unsaturated/α-hetero) is 1. The van der Waals surface area contributed by atoms with Crippen molar-refractivity contribution < 1.29 is 45.0 Å². The average molecular weight is 1090 g/mol. The number of carbonyl (C=O) groups excluding carboxylic acids is 2. The van der Waals surface area contributed by atoms with E-state index in [2.05, 4.69) is 53.2 Å². The number of aliphatic hydroxyl groups is 4. The molecule has 9 atom stereocenters. The Morgan fingerprint density at radius 2 is 1.67 bits per heavy atom. The summed E-state index contributed by atoms with van der Waals surface area (Å²) < 4.78 is 6.21. The van der Waals surface area contributed by atoms with Gasteiger partial charge in [-0.3, -0.25) is 9.59 Å². The number of nitrogens with one attached hydrogen (secondary N) is 1. The van der Waals surface area contributed by atoms with E-state index in [1.807, 2.05) is 18.2 Å². The number of aromatic amines is 1. The third-order valence-electron chi connectivity index (χ3n) is 18.0. The number of aromatic nitrogens is 1. The topological polar surface area (TPSA) is 233 Å². The van der Waals surface area contributed by atoms with Crippen LogP contribution in [0.15, 0.2) is 97.2 Å². The second-order valence-electron chi connectivity index (χ2n) is 23.2. The lowest BCUT2D eigenvalue weighted by Gasteiger charge is -2.42. The van der Waals surface area contributed by atoms with E-state index in [9.17, 15) is 40.2 Å². The molecule has 2 saturated carbocycles. The van der Waals surface area contributed by atoms with Gasteiger partial charge in [-0.15, -0.1) is 0 Å². The number of allylic oxidation sites excluding steroid dienone is 2. The number of fused-ring (bicyclic) bond motifs is 11. The highest BCUT2D eigenvalue weighted by atomic mass is 33.1. The Labute approximate surface area is 466 Å². The molecule has 10 rings (SSSR count). The van der Waals surface area contributed by atoms with E-state index >= 15 is 0 Å². The molecule has 1 aliphatic heterocycles. The summed E-state index contributed by atoms with van der Waals surface area (Å²) in [6, 6.07) is 24.8. The smallest absolute Gasteiger partial charge is 0.165 e. The van der Waals surface area contributed by atoms with Crippen molar-refractivity contribution in [1.29, 1.82) is 0 Å². The number of ketones is 2. The normalized spacial score (nSPS) is 28.0. The number of carbonyl (C=O) groups is 2. The van der Waals surface area contributed by atoms with E-state index in [1.165, 1.54) is 11.1 Å². The molecule has 0 amide bonds. The summed E-state index contributed by atoms with van der Waals surface area (Å²) >= 11 is 0. The standard InChI is InChI=1S/C64H75N3O9S2/c65-62(66)53-29-43-6-3-9-56-50(18-23-67-56)59(73)31-54-52(43)30-46(53)36-77-78-37-47-32-63(34-60(47)74,22-17-48(70)13-10-39-12-15-58(72)61(26-39)76-24-19-40-11-14-57(71)55(54)25-40)21-16-44-33-64(75,38-69)20-4-7-41-27-45(35-68)49-8-2-1-5-42(49)28-51(41)44/h1-2,5,8,11-12,14-15,17-18,22-23,25-26,29-30,41,44-45,47,51,54,60,62,67-69,71-72,74-75H,4,7,9-10,13,16,19-21,24,27-28,31-38,65-66H2. The largest absolute Gasteiger partial charge is 0.508 e. The van der Waals surface area contributed by atoms with Crippen molar-refractivity contribution >= 4 is 33.2 Å². The van der Waals surface area contributed by atoms with Gasteiger partial charge in [0.15, 0.2) is 23.1 Å². The van der Waals surface area contributed by atoms with Gasteiger partial charge in [-0.1, -0.05) is 101 Å². The molecule has 5 aliphatic rings. The van der Waals surface area contributed by atoms with Gasteiger partial charge < -0.3 is 51.8 Å². The molecule has 8 bridgehead atoms. The molecule has 0 radical (unpaired) electrons. The van der Waals surface area contributed by atoms with Gasteiger partial charge in [0.1, 0.15) is 5.75 Å². The number of ether oxygens (including phenoxy) is 1. The van der Waals surface area contributed by atoms with Gasteiger partial charge in [0, 0.05) is 77.8 Å². The minimum atomic E-state index is -1.22. The predicted octanol–water partition coefficient (Wildman–Crippen LogP) is 9.63. The van der Waals surface area contributed by atoms with E-state index in [4.69, 9.17) is 16.2 Å². The lowest BCUT2D eigenvalue weighted by atomic mass is 9.65. The summed E-state index contributed by atoms with van der Waals surface area (Å²) in [4.78, 5) is 31.5. The zero-order chi connectivity index (χ0) is 54.6. The quantitative estimate of drug-likeness (QED) is 0.0439. The van der Waals surface area contributed by atoms with Crippen molar-refractivity contribution in [2.24, 2.45) is 40.6 Å². The fourth-order valence-electron chi connectivity index (χ4n) is 13.8. The molecule has 2 heterocycles. The summed E-state index contributed by atoms with van der Waals surface area (Å²) in [6.45, 7) is -0.0378. The zero-order valence-corrected chi connectivity index (χ0v) is 46.0. The fraction of sp³-hybridized carbons (Fsp3) is 0.469. The lowest BCUT2D eigenvalue weighted by molar-refractivity contribution is -0.114. The molecule has 412 valence electrons. The van der Waals surface area contributed by atoms with Crippen LogP contribution in [0.2, 0.25) is 0 Å². The molecule has 0 saturated heterocycles. The minimum Gasteiger partial charge on any atom is -0.508 e. The summed E-state index contributed by atoms with van der Waals surface area (Å²) in [5, 5.41) is 68.0. The van der Waals surface area contributed by atoms with Crippen LogP contribution in [0.5, 0.6) is 17.2 Å². The SMILES string of the molecule is NC(N)c1cc2c3cc1CSSCC1CC(CCC4CC(O)(CO)CCCC5CC(CO)c6ccccc6CC54)(C=CC(=O)CCc4ccc(O)c(c4)OCCc4ccc(O)c(c4)C3CC(=O)c3cc[nH]c3CC#C2)CC1O. The van der Waals surface area contributed by atoms with Crippen molar-refractivity contribution in [2.75, 3.05) is 25.6 Å². The number of hydrogen-bond acceptors (Lipinski definition) is 13. The van der Waals surface area contributed by atoms with Gasteiger partial charge in [-0.05, 0) is 162 Å². The zero-order valence-electron chi connectivity index (χ0n) is 44.4. The molecule has 0 spiro atoms. The predicted molar refractivity (Wildman–Crippen MR) is 307 cm³/mol. The van der Waals surface area contributed by atoms with Gasteiger partial charge in [0.25, 0.3) is 0 Å². The number of phenols is 2. The van der Waals surface area contributed by atoms with Gasteiger partial charge in [0.05, 0.1) is 37.5 Å². The Balaban J connectivity index is 0.980. The highest BCUT2D eigenvalue weighted by Crippen LogP contribution is 2.53. The Morgan fingerprint density at radius 1 is 0.846 bits per heavy atom. The van der Waals surface area contributed by atoms with Crippen LogP contribution in [0, 0.1) is 40.9 Å². The second kappa shape index (κ2) is 24.6. The molecule has 4 aliphatic carbocycles. The molecule has 1 aromatic heterocycles. The van der Waals surface area contributed by atoms with Crippen LogP contribution in [0.4, 0.5) is 0 Å². The van der Waals surface area contributed by atoms with Crippen molar-refractivity contribution in [3.63, 3.8) is 0 Å². The molecule has 78 heavy (non-hydrogen) atoms. The summed E-state index contributed by atoms with van der Waals surface area (Å²) in [7, 11) is 3.32. The first kappa shape index (κ1) is 56.0.